The molecule has 2 nitrogen and oxygen atoms in total. The summed E-state index contributed by atoms with van der Waals surface area (Å²) in [5, 5.41) is 0. The molecule has 47 heavy (non-hydrogen) atoms. The molecule has 0 radical (unpaired) electrons. The summed E-state index contributed by atoms with van der Waals surface area (Å²) in [6.45, 7) is 0. The molecule has 4 fully saturated rings. The molecule has 2 aromatic heterocycles. The second-order valence-corrected chi connectivity index (χ2v) is 21.6. The van der Waals surface area contributed by atoms with Gasteiger partial charge in [-0.3, -0.25) is 9.97 Å². The van der Waals surface area contributed by atoms with Crippen LogP contribution in [0.1, 0.15) is 140 Å². The van der Waals surface area contributed by atoms with Crippen LogP contribution in [0.5, 0.6) is 0 Å². The van der Waals surface area contributed by atoms with Gasteiger partial charge in [0.15, 0.2) is 0 Å². The van der Waals surface area contributed by atoms with Gasteiger partial charge in [0, 0.05) is 36.6 Å². The number of nitrogens with zero attached hydrogens (tertiary/aromatic N) is 2. The summed E-state index contributed by atoms with van der Waals surface area (Å²) in [4.78, 5) is 8.91. The van der Waals surface area contributed by atoms with Gasteiger partial charge in [-0.25, -0.2) is 0 Å². The van der Waals surface area contributed by atoms with Gasteiger partial charge in [-0.2, -0.15) is 0 Å². The SMILES string of the molecule is C(=CP(C1CCCCC1)C1CCCCC1)Cc1ccccn1.C(=CP(C1CCCCC1)C1CCCCC1)Cc1ccccn1.[Cl][Pd][Cl]. The Hall–Kier alpha value is -0.118. The number of rotatable bonds is 10. The number of halogens is 2. The van der Waals surface area contributed by atoms with E-state index in [1.54, 1.807) is 0 Å². The number of pyridine rings is 2. The normalized spacial score (nSPS) is 20.8. The molecule has 0 bridgehead atoms. The topological polar surface area (TPSA) is 25.8 Å². The third-order valence-electron chi connectivity index (χ3n) is 10.6. The fourth-order valence-electron chi connectivity index (χ4n) is 8.23. The van der Waals surface area contributed by atoms with Crippen LogP contribution in [0.25, 0.3) is 0 Å². The second kappa shape index (κ2) is 24.9. The zero-order valence-electron chi connectivity index (χ0n) is 28.7. The number of aromatic nitrogens is 2. The molecule has 0 amide bonds. The van der Waals surface area contributed by atoms with Crippen molar-refractivity contribution in [2.45, 2.75) is 164 Å². The molecule has 4 aliphatic carbocycles. The van der Waals surface area contributed by atoms with Crippen LogP contribution < -0.4 is 0 Å². The summed E-state index contributed by atoms with van der Waals surface area (Å²) in [5.41, 5.74) is 6.50. The Morgan fingerprint density at radius 3 is 1.06 bits per heavy atom. The van der Waals surface area contributed by atoms with Gasteiger partial charge >= 0.3 is 35.0 Å². The van der Waals surface area contributed by atoms with Crippen LogP contribution >= 0.6 is 34.9 Å². The molecule has 4 aliphatic rings. The van der Waals surface area contributed by atoms with E-state index in [-0.39, 0.29) is 31.8 Å². The van der Waals surface area contributed by atoms with E-state index in [1.165, 1.54) is 140 Å². The third kappa shape index (κ3) is 15.3. The van der Waals surface area contributed by atoms with Crippen molar-refractivity contribution in [2.75, 3.05) is 0 Å². The average molecular weight is 808 g/mol. The van der Waals surface area contributed by atoms with E-state index in [9.17, 15) is 0 Å². The van der Waals surface area contributed by atoms with Crippen molar-refractivity contribution in [3.63, 3.8) is 0 Å². The Morgan fingerprint density at radius 1 is 0.511 bits per heavy atom. The third-order valence-corrected chi connectivity index (χ3v) is 17.2. The summed E-state index contributed by atoms with van der Waals surface area (Å²) in [5.74, 6) is 5.30. The van der Waals surface area contributed by atoms with Gasteiger partial charge < -0.3 is 0 Å². The number of hydrogen-bond donors (Lipinski definition) is 0. The Labute approximate surface area is 306 Å². The van der Waals surface area contributed by atoms with E-state index in [0.29, 0.717) is 0 Å². The molecule has 7 heteroatoms. The van der Waals surface area contributed by atoms with Gasteiger partial charge in [0.05, 0.1) is 0 Å². The Bertz CT molecular complexity index is 974. The molecule has 0 saturated heterocycles. The quantitative estimate of drug-likeness (QED) is 0.177. The zero-order valence-corrected chi connectivity index (χ0v) is 33.5. The Morgan fingerprint density at radius 2 is 0.809 bits per heavy atom. The monoisotopic (exact) mass is 806 g/mol. The van der Waals surface area contributed by atoms with Crippen molar-refractivity contribution in [3.05, 3.63) is 84.0 Å². The molecular weight excluding hydrogens is 748 g/mol. The van der Waals surface area contributed by atoms with Gasteiger partial charge in [0.25, 0.3) is 0 Å². The van der Waals surface area contributed by atoms with Crippen molar-refractivity contribution >= 4 is 34.9 Å². The van der Waals surface area contributed by atoms with Crippen molar-refractivity contribution in [2.24, 2.45) is 0 Å². The Balaban J connectivity index is 0.000000197. The summed E-state index contributed by atoms with van der Waals surface area (Å²) >= 11 is -0.106. The molecule has 0 spiro atoms. The summed E-state index contributed by atoms with van der Waals surface area (Å²) < 4.78 is 0. The molecule has 4 saturated carbocycles. The maximum absolute atomic E-state index is 4.81. The summed E-state index contributed by atoms with van der Waals surface area (Å²) in [7, 11) is 9.82. The first-order valence-corrected chi connectivity index (χ1v) is 25.9. The first-order chi connectivity index (χ1) is 23.3. The number of hydrogen-bond acceptors (Lipinski definition) is 2. The molecule has 2 aromatic rings. The van der Waals surface area contributed by atoms with Gasteiger partial charge in [-0.05, 0) is 98.3 Å². The molecule has 2 heterocycles. The summed E-state index contributed by atoms with van der Waals surface area (Å²) in [6, 6.07) is 12.5. The fraction of sp³-hybridized carbons (Fsp3) is 0.650. The zero-order chi connectivity index (χ0) is 32.8. The van der Waals surface area contributed by atoms with Crippen LogP contribution in [0.4, 0.5) is 0 Å². The van der Waals surface area contributed by atoms with E-state index >= 15 is 0 Å². The van der Waals surface area contributed by atoms with Gasteiger partial charge in [-0.1, -0.05) is 129 Å². The van der Waals surface area contributed by atoms with Crippen molar-refractivity contribution in [3.8, 4) is 0 Å². The minimum atomic E-state index is -0.106. The molecule has 0 aliphatic heterocycles. The van der Waals surface area contributed by atoms with Crippen LogP contribution in [0.15, 0.2) is 72.6 Å². The molecule has 0 N–H and O–H groups in total. The molecule has 264 valence electrons. The van der Waals surface area contributed by atoms with Crippen molar-refractivity contribution < 1.29 is 15.9 Å². The van der Waals surface area contributed by atoms with Crippen LogP contribution in [-0.2, 0) is 28.8 Å². The van der Waals surface area contributed by atoms with Crippen LogP contribution in [-0.4, -0.2) is 32.6 Å². The van der Waals surface area contributed by atoms with E-state index in [4.69, 9.17) is 19.1 Å². The van der Waals surface area contributed by atoms with E-state index in [1.807, 2.05) is 24.5 Å². The predicted octanol–water partition coefficient (Wildman–Crippen LogP) is 13.9. The Kier molecular flexibility index (Phi) is 21.0. The van der Waals surface area contributed by atoms with E-state index in [0.717, 1.165) is 35.5 Å². The minimum absolute atomic E-state index is 0.0984. The maximum atomic E-state index is 4.81. The van der Waals surface area contributed by atoms with Gasteiger partial charge in [0.2, 0.25) is 0 Å². The van der Waals surface area contributed by atoms with Gasteiger partial charge in [-0.15, -0.1) is 0 Å². The standard InChI is InChI=1S/2C20H30NP.2ClH.Pd/c2*1-3-12-19(13-4-1)22(20-14-5-2-6-15-20)17-9-11-18-10-7-8-16-21-18;;;/h2*7-10,16-17,19-20H,1-6,11-15H2;2*1H;/q;;;;+2/p-2. The first-order valence-electron chi connectivity index (χ1n) is 18.8. The molecule has 0 aromatic carbocycles. The van der Waals surface area contributed by atoms with E-state index in [2.05, 4.69) is 58.0 Å². The molecule has 0 atom stereocenters. The van der Waals surface area contributed by atoms with E-state index < -0.39 is 0 Å². The first kappa shape index (κ1) is 39.7. The fourth-order valence-corrected chi connectivity index (χ4v) is 14.9. The molecular formula is C40H60Cl2N2P2Pd. The summed E-state index contributed by atoms with van der Waals surface area (Å²) in [6.07, 6.45) is 40.4. The predicted molar refractivity (Wildman–Crippen MR) is 207 cm³/mol. The molecule has 6 rings (SSSR count). The van der Waals surface area contributed by atoms with Crippen LogP contribution in [0.2, 0.25) is 0 Å². The average Bonchev–Trinajstić information content (AvgIpc) is 3.15. The number of allylic oxidation sites excluding steroid dienone is 2. The van der Waals surface area contributed by atoms with Crippen LogP contribution in [0, 0.1) is 0 Å². The van der Waals surface area contributed by atoms with Gasteiger partial charge in [0.1, 0.15) is 0 Å². The van der Waals surface area contributed by atoms with Crippen LogP contribution in [0.3, 0.4) is 0 Å². The van der Waals surface area contributed by atoms with Crippen molar-refractivity contribution in [1.82, 2.24) is 9.97 Å². The molecule has 0 unspecified atom stereocenters. The van der Waals surface area contributed by atoms with Crippen molar-refractivity contribution in [1.29, 1.82) is 0 Å². The second-order valence-electron chi connectivity index (χ2n) is 13.9.